The molecule has 6 nitrogen and oxygen atoms in total. The summed E-state index contributed by atoms with van der Waals surface area (Å²) in [5.74, 6) is -1.23. The van der Waals surface area contributed by atoms with Crippen LogP contribution in [0.5, 0.6) is 0 Å². The predicted octanol–water partition coefficient (Wildman–Crippen LogP) is 3.33. The van der Waals surface area contributed by atoms with Crippen LogP contribution in [0.1, 0.15) is 32.3 Å². The number of aliphatic hydroxyl groups excluding tert-OH is 2. The Morgan fingerprint density at radius 2 is 1.93 bits per heavy atom. The number of fused-ring (bicyclic) bond motifs is 1. The molecule has 0 unspecified atom stereocenters. The fourth-order valence-electron chi connectivity index (χ4n) is 3.08. The number of hydrogen-bond donors (Lipinski definition) is 3. The first-order valence-corrected chi connectivity index (χ1v) is 10.1. The molecular weight excluding hydrogens is 371 g/mol. The minimum absolute atomic E-state index is 0.113. The highest BCUT2D eigenvalue weighted by atomic mass is 32.2. The maximum atomic E-state index is 15.1. The predicted molar refractivity (Wildman–Crippen MR) is 103 cm³/mol. The Bertz CT molecular complexity index is 1000. The lowest BCUT2D eigenvalue weighted by atomic mass is 9.87. The zero-order chi connectivity index (χ0) is 19.8. The Labute approximate surface area is 158 Å². The molecule has 27 heavy (non-hydrogen) atoms. The number of hydrogen-bond acceptors (Lipinski definition) is 4. The van der Waals surface area contributed by atoms with Gasteiger partial charge in [0, 0.05) is 12.0 Å². The Hall–Kier alpha value is -2.32. The molecule has 0 radical (unpaired) electrons. The highest BCUT2D eigenvalue weighted by Gasteiger charge is 2.31. The van der Waals surface area contributed by atoms with Gasteiger partial charge in [-0.3, -0.25) is 0 Å². The topological polar surface area (TPSA) is 89.9 Å². The Morgan fingerprint density at radius 3 is 2.56 bits per heavy atom. The standard InChI is InChI=1S/C19H23FN2O4S/c1-19(2,12-23)9-3-4-13-5-6-14-7-8-16(18(20)15(14)10-13)22-11-17(24)21-27(22,25)26/h5-8,10-11,21,23-24H,3-4,9,12H2,1-2H3. The first-order chi connectivity index (χ1) is 12.6. The number of anilines is 1. The zero-order valence-corrected chi connectivity index (χ0v) is 16.1. The van der Waals surface area contributed by atoms with E-state index in [0.29, 0.717) is 15.1 Å². The summed E-state index contributed by atoms with van der Waals surface area (Å²) < 4.78 is 41.7. The molecule has 0 fully saturated rings. The summed E-state index contributed by atoms with van der Waals surface area (Å²) in [5.41, 5.74) is 0.631. The molecule has 1 aliphatic heterocycles. The quantitative estimate of drug-likeness (QED) is 0.701. The van der Waals surface area contributed by atoms with Crippen LogP contribution in [0.2, 0.25) is 0 Å². The largest absolute Gasteiger partial charge is 0.493 e. The van der Waals surface area contributed by atoms with Crippen molar-refractivity contribution in [1.82, 2.24) is 4.72 Å². The number of nitrogens with one attached hydrogen (secondary N) is 1. The molecule has 0 aromatic heterocycles. The Morgan fingerprint density at radius 1 is 1.22 bits per heavy atom. The Balaban J connectivity index is 1.91. The van der Waals surface area contributed by atoms with Gasteiger partial charge in [0.1, 0.15) is 0 Å². The molecule has 0 bridgehead atoms. The van der Waals surface area contributed by atoms with Crippen molar-refractivity contribution < 1.29 is 23.0 Å². The first kappa shape index (κ1) is 19.4. The zero-order valence-electron chi connectivity index (χ0n) is 15.2. The van der Waals surface area contributed by atoms with Gasteiger partial charge in [0.05, 0.1) is 11.9 Å². The van der Waals surface area contributed by atoms with Crippen molar-refractivity contribution in [1.29, 1.82) is 0 Å². The second kappa shape index (κ2) is 7.01. The molecule has 3 N–H and O–H groups in total. The molecule has 2 aromatic carbocycles. The SMILES string of the molecule is CC(C)(CO)CCCc1ccc2ccc(N3C=C(O)NS3(=O)=O)c(F)c2c1. The molecule has 3 rings (SSSR count). The molecule has 1 aliphatic rings. The van der Waals surface area contributed by atoms with Crippen molar-refractivity contribution in [3.63, 3.8) is 0 Å². The summed E-state index contributed by atoms with van der Waals surface area (Å²) in [6, 6.07) is 8.46. The molecule has 8 heteroatoms. The number of aliphatic hydroxyl groups is 2. The van der Waals surface area contributed by atoms with Crippen molar-refractivity contribution in [3.8, 4) is 0 Å². The smallest absolute Gasteiger partial charge is 0.330 e. The maximum Gasteiger partial charge on any atom is 0.330 e. The van der Waals surface area contributed by atoms with E-state index in [-0.39, 0.29) is 17.7 Å². The van der Waals surface area contributed by atoms with E-state index in [0.717, 1.165) is 31.0 Å². The van der Waals surface area contributed by atoms with Crippen LogP contribution in [0.3, 0.4) is 0 Å². The Kier molecular flexibility index (Phi) is 5.05. The van der Waals surface area contributed by atoms with Crippen molar-refractivity contribution >= 4 is 26.7 Å². The van der Waals surface area contributed by atoms with Crippen molar-refractivity contribution in [2.75, 3.05) is 10.9 Å². The van der Waals surface area contributed by atoms with E-state index in [1.165, 1.54) is 6.07 Å². The third kappa shape index (κ3) is 4.01. The van der Waals surface area contributed by atoms with E-state index in [4.69, 9.17) is 0 Å². The summed E-state index contributed by atoms with van der Waals surface area (Å²) in [6.07, 6.45) is 3.35. The van der Waals surface area contributed by atoms with Gasteiger partial charge in [-0.15, -0.1) is 0 Å². The summed E-state index contributed by atoms with van der Waals surface area (Å²) in [6.45, 7) is 4.10. The molecule has 0 aliphatic carbocycles. The van der Waals surface area contributed by atoms with E-state index in [9.17, 15) is 18.6 Å². The molecule has 2 aromatic rings. The fourth-order valence-corrected chi connectivity index (χ4v) is 4.14. The van der Waals surface area contributed by atoms with Gasteiger partial charge in [-0.1, -0.05) is 32.0 Å². The average Bonchev–Trinajstić information content (AvgIpc) is 2.87. The number of nitrogens with zero attached hydrogens (tertiary/aromatic N) is 1. The lowest BCUT2D eigenvalue weighted by Crippen LogP contribution is -2.30. The second-order valence-corrected chi connectivity index (χ2v) is 9.09. The van der Waals surface area contributed by atoms with Gasteiger partial charge in [0.15, 0.2) is 5.82 Å². The third-order valence-corrected chi connectivity index (χ3v) is 6.00. The van der Waals surface area contributed by atoms with Crippen molar-refractivity contribution in [2.45, 2.75) is 33.1 Å². The van der Waals surface area contributed by atoms with Crippen LogP contribution in [0.15, 0.2) is 42.4 Å². The van der Waals surface area contributed by atoms with E-state index < -0.39 is 21.9 Å². The highest BCUT2D eigenvalue weighted by molar-refractivity contribution is 7.91. The van der Waals surface area contributed by atoms with Gasteiger partial charge in [-0.2, -0.15) is 8.42 Å². The monoisotopic (exact) mass is 394 g/mol. The fraction of sp³-hybridized carbons (Fsp3) is 0.368. The molecule has 146 valence electrons. The molecule has 0 atom stereocenters. The number of halogens is 1. The summed E-state index contributed by atoms with van der Waals surface area (Å²) in [4.78, 5) is 0. The van der Waals surface area contributed by atoms with E-state index in [1.807, 2.05) is 24.6 Å². The second-order valence-electron chi connectivity index (χ2n) is 7.55. The van der Waals surface area contributed by atoms with Gasteiger partial charge in [-0.25, -0.2) is 13.4 Å². The molecule has 1 heterocycles. The van der Waals surface area contributed by atoms with Crippen molar-refractivity contribution in [2.24, 2.45) is 5.41 Å². The minimum atomic E-state index is -4.05. The normalized spacial score (nSPS) is 16.4. The lowest BCUT2D eigenvalue weighted by molar-refractivity contribution is 0.148. The molecule has 0 spiro atoms. The highest BCUT2D eigenvalue weighted by Crippen LogP contribution is 2.32. The first-order valence-electron chi connectivity index (χ1n) is 8.68. The van der Waals surface area contributed by atoms with Crippen LogP contribution in [0.25, 0.3) is 10.8 Å². The van der Waals surface area contributed by atoms with E-state index >= 15 is 4.39 Å². The summed E-state index contributed by atoms with van der Waals surface area (Å²) in [7, 11) is -4.05. The third-order valence-electron chi connectivity index (χ3n) is 4.72. The van der Waals surface area contributed by atoms with Crippen LogP contribution < -0.4 is 9.03 Å². The van der Waals surface area contributed by atoms with Crippen LogP contribution in [0, 0.1) is 11.2 Å². The molecule has 0 amide bonds. The molecule has 0 saturated carbocycles. The lowest BCUT2D eigenvalue weighted by Gasteiger charge is -2.21. The van der Waals surface area contributed by atoms with E-state index in [1.54, 1.807) is 18.2 Å². The van der Waals surface area contributed by atoms with Gasteiger partial charge in [-0.05, 0) is 47.8 Å². The molecular formula is C19H23FN2O4S. The van der Waals surface area contributed by atoms with Crippen LogP contribution in [0.4, 0.5) is 10.1 Å². The average molecular weight is 394 g/mol. The van der Waals surface area contributed by atoms with E-state index in [2.05, 4.69) is 0 Å². The van der Waals surface area contributed by atoms with Gasteiger partial charge < -0.3 is 10.2 Å². The van der Waals surface area contributed by atoms with Crippen LogP contribution >= 0.6 is 0 Å². The summed E-state index contributed by atoms with van der Waals surface area (Å²) in [5, 5.41) is 19.7. The van der Waals surface area contributed by atoms with Gasteiger partial charge >= 0.3 is 10.2 Å². The molecule has 0 saturated heterocycles. The van der Waals surface area contributed by atoms with Gasteiger partial charge in [0.25, 0.3) is 0 Å². The van der Waals surface area contributed by atoms with Crippen molar-refractivity contribution in [3.05, 3.63) is 53.8 Å². The summed E-state index contributed by atoms with van der Waals surface area (Å²) >= 11 is 0. The minimum Gasteiger partial charge on any atom is -0.493 e. The number of rotatable bonds is 6. The number of aryl methyl sites for hydroxylation is 1. The van der Waals surface area contributed by atoms with Crippen LogP contribution in [-0.2, 0) is 16.6 Å². The van der Waals surface area contributed by atoms with Gasteiger partial charge in [0.2, 0.25) is 5.88 Å². The number of benzene rings is 2. The van der Waals surface area contributed by atoms with Crippen LogP contribution in [-0.4, -0.2) is 25.2 Å². The maximum absolute atomic E-state index is 15.1.